The van der Waals surface area contributed by atoms with Crippen LogP contribution in [0.15, 0.2) is 70.1 Å². The van der Waals surface area contributed by atoms with Crippen LogP contribution in [0.2, 0.25) is 0 Å². The van der Waals surface area contributed by atoms with Gasteiger partial charge in [-0.1, -0.05) is 41.6 Å². The fourth-order valence-corrected chi connectivity index (χ4v) is 3.98. The highest BCUT2D eigenvalue weighted by atomic mass is 32.2. The Morgan fingerprint density at radius 1 is 1.10 bits per heavy atom. The van der Waals surface area contributed by atoms with E-state index in [1.165, 1.54) is 35.6 Å². The average Bonchev–Trinajstić information content (AvgIpc) is 3.21. The van der Waals surface area contributed by atoms with Crippen LogP contribution in [0.5, 0.6) is 0 Å². The number of sulfonamides is 1. The third kappa shape index (κ3) is 4.72. The van der Waals surface area contributed by atoms with Crippen molar-refractivity contribution in [1.82, 2.24) is 9.46 Å². The van der Waals surface area contributed by atoms with Crippen molar-refractivity contribution >= 4 is 16.0 Å². The number of rotatable bonds is 7. The van der Waals surface area contributed by atoms with Gasteiger partial charge in [0.1, 0.15) is 12.3 Å². The molecule has 1 aromatic heterocycles. The summed E-state index contributed by atoms with van der Waals surface area (Å²) < 4.78 is 37.0. The number of hydrogen-bond acceptors (Lipinski definition) is 6. The molecule has 29 heavy (non-hydrogen) atoms. The summed E-state index contributed by atoms with van der Waals surface area (Å²) in [6, 6.07) is 16.7. The molecule has 0 amide bonds. The zero-order valence-electron chi connectivity index (χ0n) is 16.4. The molecule has 2 aromatic carbocycles. The topological polar surface area (TPSA) is 89.7 Å². The predicted molar refractivity (Wildman–Crippen MR) is 108 cm³/mol. The van der Waals surface area contributed by atoms with Crippen LogP contribution < -0.4 is 0 Å². The molecule has 8 heteroatoms. The molecule has 0 spiro atoms. The van der Waals surface area contributed by atoms with Crippen molar-refractivity contribution in [2.24, 2.45) is 0 Å². The second-order valence-electron chi connectivity index (χ2n) is 6.77. The first-order valence-electron chi connectivity index (χ1n) is 9.05. The van der Waals surface area contributed by atoms with E-state index in [1.807, 2.05) is 30.3 Å². The van der Waals surface area contributed by atoms with E-state index in [4.69, 9.17) is 9.26 Å². The van der Waals surface area contributed by atoms with Crippen molar-refractivity contribution in [3.8, 4) is 11.3 Å². The largest absolute Gasteiger partial charge is 0.455 e. The van der Waals surface area contributed by atoms with Gasteiger partial charge in [0, 0.05) is 24.7 Å². The molecule has 1 heterocycles. The van der Waals surface area contributed by atoms with Crippen LogP contribution in [-0.4, -0.2) is 36.9 Å². The number of benzene rings is 2. The highest BCUT2D eigenvalue weighted by molar-refractivity contribution is 7.89. The van der Waals surface area contributed by atoms with E-state index in [0.717, 1.165) is 5.56 Å². The van der Waals surface area contributed by atoms with Gasteiger partial charge in [0.2, 0.25) is 10.0 Å². The number of ether oxygens (including phenoxy) is 1. The molecule has 0 saturated heterocycles. The van der Waals surface area contributed by atoms with Crippen LogP contribution in [0.1, 0.15) is 29.9 Å². The van der Waals surface area contributed by atoms with E-state index in [0.29, 0.717) is 11.5 Å². The normalized spacial score (nSPS) is 11.8. The first kappa shape index (κ1) is 20.8. The second-order valence-corrected chi connectivity index (χ2v) is 8.76. The maximum atomic E-state index is 12.6. The van der Waals surface area contributed by atoms with Crippen molar-refractivity contribution in [2.75, 3.05) is 7.05 Å². The molecule has 0 saturated carbocycles. The number of esters is 1. The summed E-state index contributed by atoms with van der Waals surface area (Å²) >= 11 is 0. The van der Waals surface area contributed by atoms with Crippen molar-refractivity contribution in [3.63, 3.8) is 0 Å². The molecule has 3 aromatic rings. The SMILES string of the molecule is CC(C)N(C)S(=O)(=O)c1cccc(C(=O)OCc2cc(-c3ccccc3)on2)c1. The Morgan fingerprint density at radius 3 is 2.52 bits per heavy atom. The molecule has 0 N–H and O–H groups in total. The Bertz CT molecular complexity index is 1090. The molecular formula is C21H22N2O5S. The first-order chi connectivity index (χ1) is 13.8. The fourth-order valence-electron chi connectivity index (χ4n) is 2.57. The minimum Gasteiger partial charge on any atom is -0.455 e. The molecule has 0 radical (unpaired) electrons. The zero-order chi connectivity index (χ0) is 21.0. The van der Waals surface area contributed by atoms with E-state index in [2.05, 4.69) is 5.16 Å². The Kier molecular flexibility index (Phi) is 6.14. The van der Waals surface area contributed by atoms with Gasteiger partial charge in [-0.3, -0.25) is 0 Å². The molecule has 0 aliphatic rings. The minimum absolute atomic E-state index is 0.0379. The van der Waals surface area contributed by atoms with Gasteiger partial charge < -0.3 is 9.26 Å². The van der Waals surface area contributed by atoms with Crippen molar-refractivity contribution < 1.29 is 22.5 Å². The third-order valence-corrected chi connectivity index (χ3v) is 6.47. The summed E-state index contributed by atoms with van der Waals surface area (Å²) in [5, 5.41) is 3.90. The number of hydrogen-bond donors (Lipinski definition) is 0. The van der Waals surface area contributed by atoms with Crippen LogP contribution in [0, 0.1) is 0 Å². The van der Waals surface area contributed by atoms with Crippen LogP contribution in [-0.2, 0) is 21.4 Å². The van der Waals surface area contributed by atoms with Crippen molar-refractivity contribution in [2.45, 2.75) is 31.4 Å². The van der Waals surface area contributed by atoms with Gasteiger partial charge in [0.05, 0.1) is 10.5 Å². The van der Waals surface area contributed by atoms with Crippen LogP contribution in [0.4, 0.5) is 0 Å². The Hall–Kier alpha value is -2.97. The Balaban J connectivity index is 1.70. The fraction of sp³-hybridized carbons (Fsp3) is 0.238. The van der Waals surface area contributed by atoms with Crippen molar-refractivity contribution in [3.05, 3.63) is 71.9 Å². The Labute approximate surface area is 169 Å². The number of nitrogens with zero attached hydrogens (tertiary/aromatic N) is 2. The molecule has 0 aliphatic carbocycles. The van der Waals surface area contributed by atoms with Crippen LogP contribution >= 0.6 is 0 Å². The molecule has 0 aliphatic heterocycles. The van der Waals surface area contributed by atoms with Gasteiger partial charge in [0.25, 0.3) is 0 Å². The molecule has 152 valence electrons. The van der Waals surface area contributed by atoms with Gasteiger partial charge in [0.15, 0.2) is 5.76 Å². The smallest absolute Gasteiger partial charge is 0.338 e. The number of carbonyl (C=O) groups excluding carboxylic acids is 1. The lowest BCUT2D eigenvalue weighted by Crippen LogP contribution is -2.33. The minimum atomic E-state index is -3.69. The van der Waals surface area contributed by atoms with E-state index in [-0.39, 0.29) is 23.1 Å². The highest BCUT2D eigenvalue weighted by Gasteiger charge is 2.24. The molecule has 0 fully saturated rings. The van der Waals surface area contributed by atoms with E-state index < -0.39 is 16.0 Å². The maximum absolute atomic E-state index is 12.6. The van der Waals surface area contributed by atoms with E-state index >= 15 is 0 Å². The lowest BCUT2D eigenvalue weighted by atomic mass is 10.2. The zero-order valence-corrected chi connectivity index (χ0v) is 17.2. The summed E-state index contributed by atoms with van der Waals surface area (Å²) in [4.78, 5) is 12.4. The van der Waals surface area contributed by atoms with Gasteiger partial charge in [-0.2, -0.15) is 4.31 Å². The molecule has 0 bridgehead atoms. The maximum Gasteiger partial charge on any atom is 0.338 e. The second kappa shape index (κ2) is 8.59. The van der Waals surface area contributed by atoms with Crippen LogP contribution in [0.25, 0.3) is 11.3 Å². The molecule has 0 atom stereocenters. The number of aromatic nitrogens is 1. The quantitative estimate of drug-likeness (QED) is 0.547. The Morgan fingerprint density at radius 2 is 1.83 bits per heavy atom. The standard InChI is InChI=1S/C21H22N2O5S/c1-15(2)23(3)29(25,26)19-11-7-10-17(12-19)21(24)27-14-18-13-20(28-22-18)16-8-5-4-6-9-16/h4-13,15H,14H2,1-3H3. The average molecular weight is 414 g/mol. The summed E-state index contributed by atoms with van der Waals surface area (Å²) in [6.45, 7) is 3.46. The van der Waals surface area contributed by atoms with Gasteiger partial charge in [-0.15, -0.1) is 0 Å². The predicted octanol–water partition coefficient (Wildman–Crippen LogP) is 3.73. The van der Waals surface area contributed by atoms with Crippen LogP contribution in [0.3, 0.4) is 0 Å². The summed E-state index contributed by atoms with van der Waals surface area (Å²) in [5.41, 5.74) is 1.47. The summed E-state index contributed by atoms with van der Waals surface area (Å²) in [5.74, 6) is -0.0695. The van der Waals surface area contributed by atoms with E-state index in [1.54, 1.807) is 19.9 Å². The van der Waals surface area contributed by atoms with Crippen molar-refractivity contribution in [1.29, 1.82) is 0 Å². The highest BCUT2D eigenvalue weighted by Crippen LogP contribution is 2.21. The monoisotopic (exact) mass is 414 g/mol. The van der Waals surface area contributed by atoms with E-state index in [9.17, 15) is 13.2 Å². The molecule has 0 unspecified atom stereocenters. The molecule has 7 nitrogen and oxygen atoms in total. The first-order valence-corrected chi connectivity index (χ1v) is 10.5. The van der Waals surface area contributed by atoms with Gasteiger partial charge >= 0.3 is 5.97 Å². The third-order valence-electron chi connectivity index (χ3n) is 4.44. The summed E-state index contributed by atoms with van der Waals surface area (Å²) in [6.07, 6.45) is 0. The lowest BCUT2D eigenvalue weighted by molar-refractivity contribution is 0.0464. The molecule has 3 rings (SSSR count). The van der Waals surface area contributed by atoms with Gasteiger partial charge in [-0.25, -0.2) is 13.2 Å². The molecular weight excluding hydrogens is 392 g/mol. The van der Waals surface area contributed by atoms with Gasteiger partial charge in [-0.05, 0) is 32.0 Å². The number of carbonyl (C=O) groups is 1. The lowest BCUT2D eigenvalue weighted by Gasteiger charge is -2.21. The summed E-state index contributed by atoms with van der Waals surface area (Å²) in [7, 11) is -2.19.